The third kappa shape index (κ3) is 6.24. The van der Waals surface area contributed by atoms with Crippen LogP contribution in [0.3, 0.4) is 0 Å². The van der Waals surface area contributed by atoms with Gasteiger partial charge in [0, 0.05) is 30.7 Å². The fourth-order valence-electron chi connectivity index (χ4n) is 4.29. The Morgan fingerprint density at radius 3 is 1.82 bits per heavy atom. The first kappa shape index (κ1) is 29.3. The molecule has 0 saturated heterocycles. The van der Waals surface area contributed by atoms with Gasteiger partial charge in [0.1, 0.15) is 11.4 Å². The minimum absolute atomic E-state index is 0.142. The van der Waals surface area contributed by atoms with Crippen molar-refractivity contribution in [2.45, 2.75) is 65.5 Å². The zero-order chi connectivity index (χ0) is 26.5. The average Bonchev–Trinajstić information content (AvgIpc) is 2.68. The summed E-state index contributed by atoms with van der Waals surface area (Å²) in [6, 6.07) is 3.79. The number of aliphatic hydroxyl groups excluding tert-OH is 2. The molecule has 1 aromatic carbocycles. The zero-order valence-corrected chi connectivity index (χ0v) is 20.8. The number of carbonyl (C=O) groups excluding carboxylic acids is 1. The molecular weight excluding hydrogens is 447 g/mol. The second kappa shape index (κ2) is 11.1. The molecule has 0 spiro atoms. The van der Waals surface area contributed by atoms with E-state index in [-0.39, 0.29) is 38.3 Å². The van der Waals surface area contributed by atoms with Gasteiger partial charge in [0.2, 0.25) is 0 Å². The van der Waals surface area contributed by atoms with Crippen molar-refractivity contribution in [2.75, 3.05) is 31.2 Å². The third-order valence-electron chi connectivity index (χ3n) is 5.84. The number of nitrogens with zero attached hydrogens (tertiary/aromatic N) is 2. The number of carboxylic acids is 2. The number of benzene rings is 1. The molecular formula is C24H37FN2O7. The van der Waals surface area contributed by atoms with Crippen molar-refractivity contribution in [3.63, 3.8) is 0 Å². The molecule has 0 fully saturated rings. The maximum absolute atomic E-state index is 15.2. The number of hydrogen-bond acceptors (Lipinski definition) is 6. The number of carboxylic acid groups (broad SMARTS) is 2. The van der Waals surface area contributed by atoms with Crippen LogP contribution in [0, 0.1) is 11.2 Å². The summed E-state index contributed by atoms with van der Waals surface area (Å²) in [5.41, 5.74) is -4.19. The monoisotopic (exact) mass is 484 g/mol. The van der Waals surface area contributed by atoms with E-state index in [0.29, 0.717) is 5.69 Å². The number of aliphatic carboxylic acids is 2. The highest BCUT2D eigenvalue weighted by Gasteiger charge is 2.58. The van der Waals surface area contributed by atoms with Crippen molar-refractivity contribution in [1.82, 2.24) is 4.90 Å². The Hall–Kier alpha value is -2.72. The molecule has 192 valence electrons. The quantitative estimate of drug-likeness (QED) is 0.376. The lowest BCUT2D eigenvalue weighted by atomic mass is 9.67. The van der Waals surface area contributed by atoms with Crippen LogP contribution in [0.4, 0.5) is 10.1 Å². The van der Waals surface area contributed by atoms with Crippen LogP contribution in [0.5, 0.6) is 0 Å². The van der Waals surface area contributed by atoms with Crippen LogP contribution in [0.2, 0.25) is 0 Å². The lowest BCUT2D eigenvalue weighted by Crippen LogP contribution is -2.69. The van der Waals surface area contributed by atoms with Crippen molar-refractivity contribution in [2.24, 2.45) is 5.41 Å². The minimum atomic E-state index is -1.95. The van der Waals surface area contributed by atoms with E-state index >= 15 is 4.39 Å². The molecule has 1 amide bonds. The predicted molar refractivity (Wildman–Crippen MR) is 125 cm³/mol. The molecule has 0 radical (unpaired) electrons. The molecule has 0 heterocycles. The summed E-state index contributed by atoms with van der Waals surface area (Å²) in [6.45, 7) is 9.50. The van der Waals surface area contributed by atoms with Gasteiger partial charge in [0.15, 0.2) is 0 Å². The van der Waals surface area contributed by atoms with Gasteiger partial charge in [0.25, 0.3) is 5.91 Å². The maximum Gasteiger partial charge on any atom is 0.330 e. The molecule has 0 unspecified atom stereocenters. The Morgan fingerprint density at radius 1 is 0.941 bits per heavy atom. The second-order valence-electron chi connectivity index (χ2n) is 10.2. The third-order valence-corrected chi connectivity index (χ3v) is 5.84. The van der Waals surface area contributed by atoms with E-state index in [1.165, 1.54) is 12.1 Å². The van der Waals surface area contributed by atoms with Crippen LogP contribution in [0.1, 0.15) is 64.7 Å². The first-order valence-electron chi connectivity index (χ1n) is 11.1. The Morgan fingerprint density at radius 2 is 1.47 bits per heavy atom. The van der Waals surface area contributed by atoms with Crippen molar-refractivity contribution in [1.29, 1.82) is 0 Å². The van der Waals surface area contributed by atoms with Crippen LogP contribution < -0.4 is 4.90 Å². The van der Waals surface area contributed by atoms with Crippen LogP contribution in [-0.2, 0) is 9.59 Å². The lowest BCUT2D eigenvalue weighted by Gasteiger charge is -2.54. The van der Waals surface area contributed by atoms with Crippen LogP contribution in [0.25, 0.3) is 0 Å². The SMILES string of the molecule is CC(C)(C)N(C(=O)c1ccc(N(CCO)CCO)cc1F)[C@@](CCC(=O)O)(C(=O)O)C(C)(C)C. The number of anilines is 1. The summed E-state index contributed by atoms with van der Waals surface area (Å²) in [5, 5.41) is 38.1. The molecule has 0 saturated carbocycles. The first-order chi connectivity index (χ1) is 15.5. The molecule has 10 heteroatoms. The van der Waals surface area contributed by atoms with E-state index < -0.39 is 46.6 Å². The highest BCUT2D eigenvalue weighted by molar-refractivity contribution is 5.99. The smallest absolute Gasteiger partial charge is 0.330 e. The van der Waals surface area contributed by atoms with E-state index in [1.807, 2.05) is 0 Å². The van der Waals surface area contributed by atoms with Gasteiger partial charge in [-0.15, -0.1) is 0 Å². The number of amides is 1. The maximum atomic E-state index is 15.2. The summed E-state index contributed by atoms with van der Waals surface area (Å²) >= 11 is 0. The van der Waals surface area contributed by atoms with Crippen molar-refractivity contribution >= 4 is 23.5 Å². The van der Waals surface area contributed by atoms with Crippen LogP contribution >= 0.6 is 0 Å². The Bertz CT molecular complexity index is 886. The largest absolute Gasteiger partial charge is 0.481 e. The summed E-state index contributed by atoms with van der Waals surface area (Å²) in [5.74, 6) is -4.36. The summed E-state index contributed by atoms with van der Waals surface area (Å²) in [6.07, 6.45) is -0.868. The van der Waals surface area contributed by atoms with E-state index in [0.717, 1.165) is 11.0 Å². The molecule has 1 rings (SSSR count). The highest BCUT2D eigenvalue weighted by atomic mass is 19.1. The normalized spacial score (nSPS) is 13.8. The Balaban J connectivity index is 3.71. The molecule has 1 atom stereocenters. The van der Waals surface area contributed by atoms with Gasteiger partial charge in [-0.3, -0.25) is 9.59 Å². The fraction of sp³-hybridized carbons (Fsp3) is 0.625. The standard InChI is InChI=1S/C24H37FN2O7/c1-22(2,3)24(21(33)34,10-9-19(30)31)27(23(4,5)6)20(32)17-8-7-16(15-18(17)25)26(11-13-28)12-14-29/h7-8,15,28-29H,9-14H2,1-6H3,(H,30,31)(H,33,34)/t24-/m0/s1. The van der Waals surface area contributed by atoms with Crippen molar-refractivity contribution in [3.05, 3.63) is 29.6 Å². The van der Waals surface area contributed by atoms with Gasteiger partial charge in [-0.2, -0.15) is 0 Å². The number of aliphatic hydroxyl groups is 2. The topological polar surface area (TPSA) is 139 Å². The number of hydrogen-bond donors (Lipinski definition) is 4. The zero-order valence-electron chi connectivity index (χ0n) is 20.8. The highest BCUT2D eigenvalue weighted by Crippen LogP contribution is 2.44. The molecule has 0 aliphatic carbocycles. The average molecular weight is 485 g/mol. The molecule has 9 nitrogen and oxygen atoms in total. The van der Waals surface area contributed by atoms with Gasteiger partial charge in [-0.1, -0.05) is 20.8 Å². The minimum Gasteiger partial charge on any atom is -0.481 e. The molecule has 34 heavy (non-hydrogen) atoms. The fourth-order valence-corrected chi connectivity index (χ4v) is 4.29. The van der Waals surface area contributed by atoms with Crippen LogP contribution in [-0.4, -0.2) is 80.6 Å². The van der Waals surface area contributed by atoms with E-state index in [2.05, 4.69) is 0 Å². The predicted octanol–water partition coefficient (Wildman–Crippen LogP) is 2.59. The lowest BCUT2D eigenvalue weighted by molar-refractivity contribution is -0.164. The molecule has 4 N–H and O–H groups in total. The molecule has 0 aliphatic rings. The van der Waals surface area contributed by atoms with E-state index in [9.17, 15) is 34.8 Å². The summed E-state index contributed by atoms with van der Waals surface area (Å²) in [7, 11) is 0. The van der Waals surface area contributed by atoms with Gasteiger partial charge in [-0.25, -0.2) is 9.18 Å². The molecule has 0 aliphatic heterocycles. The van der Waals surface area contributed by atoms with Crippen molar-refractivity contribution in [3.8, 4) is 0 Å². The Kier molecular flexibility index (Phi) is 9.60. The van der Waals surface area contributed by atoms with Gasteiger partial charge >= 0.3 is 11.9 Å². The molecule has 0 aromatic heterocycles. The first-order valence-corrected chi connectivity index (χ1v) is 11.1. The second-order valence-corrected chi connectivity index (χ2v) is 10.2. The summed E-state index contributed by atoms with van der Waals surface area (Å²) < 4.78 is 15.2. The van der Waals surface area contributed by atoms with Gasteiger partial charge in [-0.05, 0) is 50.8 Å². The van der Waals surface area contributed by atoms with Gasteiger partial charge in [0.05, 0.1) is 18.8 Å². The van der Waals surface area contributed by atoms with Gasteiger partial charge < -0.3 is 30.2 Å². The number of carbonyl (C=O) groups is 3. The van der Waals surface area contributed by atoms with E-state index in [4.69, 9.17) is 0 Å². The van der Waals surface area contributed by atoms with E-state index in [1.54, 1.807) is 46.4 Å². The van der Waals surface area contributed by atoms with Crippen LogP contribution in [0.15, 0.2) is 18.2 Å². The Labute approximate surface area is 199 Å². The molecule has 0 bridgehead atoms. The summed E-state index contributed by atoms with van der Waals surface area (Å²) in [4.78, 5) is 40.5. The molecule has 1 aromatic rings. The number of rotatable bonds is 11. The van der Waals surface area contributed by atoms with Crippen molar-refractivity contribution < 1.29 is 39.2 Å². The number of halogens is 1.